The van der Waals surface area contributed by atoms with Crippen LogP contribution in [-0.4, -0.2) is 4.57 Å². The molecule has 124 valence electrons. The standard InChI is InChI=1S/C24H18N2/c25-19-13-10-17(11-14-19)18-12-15-22-21-8-4-5-9-23(21)26(24(22)16-18)20-6-2-1-3-7-20/h1-16H,25H2. The third-order valence-corrected chi connectivity index (χ3v) is 4.93. The molecule has 1 aromatic heterocycles. The number of fused-ring (bicyclic) bond motifs is 3. The molecule has 2 heteroatoms. The smallest absolute Gasteiger partial charge is 0.0547 e. The Labute approximate surface area is 152 Å². The van der Waals surface area contributed by atoms with Crippen LogP contribution >= 0.6 is 0 Å². The van der Waals surface area contributed by atoms with Crippen molar-refractivity contribution in [1.82, 2.24) is 4.57 Å². The third kappa shape index (κ3) is 2.27. The monoisotopic (exact) mass is 334 g/mol. The van der Waals surface area contributed by atoms with Crippen molar-refractivity contribution in [2.24, 2.45) is 0 Å². The number of rotatable bonds is 2. The Morgan fingerprint density at radius 2 is 1.19 bits per heavy atom. The molecule has 26 heavy (non-hydrogen) atoms. The fourth-order valence-electron chi connectivity index (χ4n) is 3.68. The highest BCUT2D eigenvalue weighted by Crippen LogP contribution is 2.34. The van der Waals surface area contributed by atoms with E-state index in [0.717, 1.165) is 5.69 Å². The molecule has 0 spiro atoms. The lowest BCUT2D eigenvalue weighted by molar-refractivity contribution is 1.18. The number of nitrogens with two attached hydrogens (primary N) is 1. The van der Waals surface area contributed by atoms with Crippen LogP contribution in [0.4, 0.5) is 5.69 Å². The molecule has 2 nitrogen and oxygen atoms in total. The predicted octanol–water partition coefficient (Wildman–Crippen LogP) is 6.03. The maximum absolute atomic E-state index is 5.84. The molecule has 5 rings (SSSR count). The van der Waals surface area contributed by atoms with E-state index in [-0.39, 0.29) is 0 Å². The third-order valence-electron chi connectivity index (χ3n) is 4.93. The van der Waals surface area contributed by atoms with Gasteiger partial charge in [-0.05, 0) is 47.5 Å². The van der Waals surface area contributed by atoms with Crippen molar-refractivity contribution < 1.29 is 0 Å². The van der Waals surface area contributed by atoms with E-state index in [1.54, 1.807) is 0 Å². The average Bonchev–Trinajstić information content (AvgIpc) is 3.03. The van der Waals surface area contributed by atoms with Crippen molar-refractivity contribution >= 4 is 27.5 Å². The van der Waals surface area contributed by atoms with E-state index in [1.807, 2.05) is 12.1 Å². The number of aromatic nitrogens is 1. The molecule has 5 aromatic rings. The second-order valence-corrected chi connectivity index (χ2v) is 6.54. The highest BCUT2D eigenvalue weighted by atomic mass is 15.0. The van der Waals surface area contributed by atoms with Gasteiger partial charge in [0.25, 0.3) is 0 Å². The molecule has 0 aliphatic heterocycles. The summed E-state index contributed by atoms with van der Waals surface area (Å²) in [6.45, 7) is 0. The zero-order valence-corrected chi connectivity index (χ0v) is 14.3. The van der Waals surface area contributed by atoms with Crippen LogP contribution in [0.1, 0.15) is 0 Å². The summed E-state index contributed by atoms with van der Waals surface area (Å²) >= 11 is 0. The molecule has 0 bridgehead atoms. The van der Waals surface area contributed by atoms with Crippen molar-refractivity contribution in [2.45, 2.75) is 0 Å². The maximum atomic E-state index is 5.84. The molecule has 0 fully saturated rings. The number of anilines is 1. The molecule has 0 aliphatic rings. The molecular weight excluding hydrogens is 316 g/mol. The van der Waals surface area contributed by atoms with Gasteiger partial charge in [-0.25, -0.2) is 0 Å². The highest BCUT2D eigenvalue weighted by Gasteiger charge is 2.12. The summed E-state index contributed by atoms with van der Waals surface area (Å²) in [5, 5.41) is 2.54. The minimum Gasteiger partial charge on any atom is -0.399 e. The van der Waals surface area contributed by atoms with Crippen LogP contribution in [0, 0.1) is 0 Å². The SMILES string of the molecule is Nc1ccc(-c2ccc3c4ccccc4n(-c4ccccc4)c3c2)cc1. The largest absolute Gasteiger partial charge is 0.399 e. The molecule has 0 atom stereocenters. The van der Waals surface area contributed by atoms with Crippen molar-refractivity contribution in [3.63, 3.8) is 0 Å². The molecular formula is C24H18N2. The van der Waals surface area contributed by atoms with Gasteiger partial charge in [0.15, 0.2) is 0 Å². The Balaban J connectivity index is 1.85. The number of hydrogen-bond acceptors (Lipinski definition) is 1. The van der Waals surface area contributed by atoms with E-state index >= 15 is 0 Å². The fourth-order valence-corrected chi connectivity index (χ4v) is 3.68. The van der Waals surface area contributed by atoms with Gasteiger partial charge in [0.05, 0.1) is 11.0 Å². The minimum absolute atomic E-state index is 0.785. The summed E-state index contributed by atoms with van der Waals surface area (Å²) in [5.41, 5.74) is 12.6. The van der Waals surface area contributed by atoms with Crippen LogP contribution in [0.25, 0.3) is 38.6 Å². The Kier molecular flexibility index (Phi) is 3.29. The van der Waals surface area contributed by atoms with Crippen LogP contribution in [0.5, 0.6) is 0 Å². The van der Waals surface area contributed by atoms with Gasteiger partial charge in [-0.1, -0.05) is 60.7 Å². The van der Waals surface area contributed by atoms with Gasteiger partial charge >= 0.3 is 0 Å². The molecule has 0 unspecified atom stereocenters. The van der Waals surface area contributed by atoms with Gasteiger partial charge in [-0.3, -0.25) is 0 Å². The van der Waals surface area contributed by atoms with Crippen LogP contribution in [-0.2, 0) is 0 Å². The number of benzene rings is 4. The van der Waals surface area contributed by atoms with Gasteiger partial charge < -0.3 is 10.3 Å². The summed E-state index contributed by atoms with van der Waals surface area (Å²) in [4.78, 5) is 0. The summed E-state index contributed by atoms with van der Waals surface area (Å²) in [5.74, 6) is 0. The number of nitrogens with zero attached hydrogens (tertiary/aromatic N) is 1. The van der Waals surface area contributed by atoms with Gasteiger partial charge in [0.2, 0.25) is 0 Å². The molecule has 0 aliphatic carbocycles. The Hall–Kier alpha value is -3.52. The van der Waals surface area contributed by atoms with E-state index in [9.17, 15) is 0 Å². The van der Waals surface area contributed by atoms with E-state index in [1.165, 1.54) is 38.6 Å². The van der Waals surface area contributed by atoms with Crippen LogP contribution in [0.2, 0.25) is 0 Å². The lowest BCUT2D eigenvalue weighted by Crippen LogP contribution is -1.93. The van der Waals surface area contributed by atoms with Crippen molar-refractivity contribution in [1.29, 1.82) is 0 Å². The summed E-state index contributed by atoms with van der Waals surface area (Å²) in [7, 11) is 0. The summed E-state index contributed by atoms with van der Waals surface area (Å²) in [6, 6.07) is 33.8. The number of hydrogen-bond donors (Lipinski definition) is 1. The second kappa shape index (κ2) is 5.78. The first-order chi connectivity index (χ1) is 12.8. The lowest BCUT2D eigenvalue weighted by Gasteiger charge is -2.09. The molecule has 0 saturated heterocycles. The lowest BCUT2D eigenvalue weighted by atomic mass is 10.0. The topological polar surface area (TPSA) is 30.9 Å². The Morgan fingerprint density at radius 3 is 2.00 bits per heavy atom. The fraction of sp³-hybridized carbons (Fsp3) is 0. The minimum atomic E-state index is 0.785. The van der Waals surface area contributed by atoms with E-state index in [4.69, 9.17) is 5.73 Å². The van der Waals surface area contributed by atoms with Gasteiger partial charge in [-0.2, -0.15) is 0 Å². The van der Waals surface area contributed by atoms with Crippen molar-refractivity contribution in [2.75, 3.05) is 5.73 Å². The molecule has 0 amide bonds. The quantitative estimate of drug-likeness (QED) is 0.392. The predicted molar refractivity (Wildman–Crippen MR) is 111 cm³/mol. The van der Waals surface area contributed by atoms with Crippen LogP contribution in [0.15, 0.2) is 97.1 Å². The summed E-state index contributed by atoms with van der Waals surface area (Å²) in [6.07, 6.45) is 0. The zero-order chi connectivity index (χ0) is 17.5. The highest BCUT2D eigenvalue weighted by molar-refractivity contribution is 6.10. The van der Waals surface area contributed by atoms with Crippen LogP contribution < -0.4 is 5.73 Å². The first kappa shape index (κ1) is 14.8. The van der Waals surface area contributed by atoms with E-state index in [0.29, 0.717) is 0 Å². The first-order valence-corrected chi connectivity index (χ1v) is 8.76. The molecule has 0 radical (unpaired) electrons. The molecule has 0 saturated carbocycles. The average molecular weight is 334 g/mol. The van der Waals surface area contributed by atoms with E-state index in [2.05, 4.69) is 89.5 Å². The molecule has 1 heterocycles. The first-order valence-electron chi connectivity index (χ1n) is 8.76. The van der Waals surface area contributed by atoms with Gasteiger partial charge in [-0.15, -0.1) is 0 Å². The van der Waals surface area contributed by atoms with E-state index < -0.39 is 0 Å². The number of para-hydroxylation sites is 2. The zero-order valence-electron chi connectivity index (χ0n) is 14.3. The number of nitrogen functional groups attached to an aromatic ring is 1. The molecule has 2 N–H and O–H groups in total. The summed E-state index contributed by atoms with van der Waals surface area (Å²) < 4.78 is 2.34. The van der Waals surface area contributed by atoms with Crippen molar-refractivity contribution in [3.8, 4) is 16.8 Å². The van der Waals surface area contributed by atoms with Crippen LogP contribution in [0.3, 0.4) is 0 Å². The second-order valence-electron chi connectivity index (χ2n) is 6.54. The van der Waals surface area contributed by atoms with Gasteiger partial charge in [0.1, 0.15) is 0 Å². The Morgan fingerprint density at radius 1 is 0.538 bits per heavy atom. The maximum Gasteiger partial charge on any atom is 0.0547 e. The van der Waals surface area contributed by atoms with Gasteiger partial charge in [0, 0.05) is 22.1 Å². The molecule has 4 aromatic carbocycles. The Bertz CT molecular complexity index is 1220. The van der Waals surface area contributed by atoms with Crippen molar-refractivity contribution in [3.05, 3.63) is 97.1 Å². The normalized spacial score (nSPS) is 11.2.